The van der Waals surface area contributed by atoms with Gasteiger partial charge in [-0.15, -0.1) is 0 Å². The van der Waals surface area contributed by atoms with E-state index in [2.05, 4.69) is 18.1 Å². The minimum Gasteiger partial charge on any atom is -0.381 e. The van der Waals surface area contributed by atoms with E-state index >= 15 is 0 Å². The second-order valence-corrected chi connectivity index (χ2v) is 8.17. The van der Waals surface area contributed by atoms with Crippen LogP contribution in [0.4, 0.5) is 0 Å². The van der Waals surface area contributed by atoms with Crippen LogP contribution in [0, 0.1) is 0 Å². The summed E-state index contributed by atoms with van der Waals surface area (Å²) >= 11 is 0. The topological polar surface area (TPSA) is 39.5 Å². The van der Waals surface area contributed by atoms with Gasteiger partial charge in [0.2, 0.25) is 0 Å². The molecule has 1 aliphatic heterocycles. The van der Waals surface area contributed by atoms with Gasteiger partial charge in [0.1, 0.15) is 0 Å². The molecule has 0 unspecified atom stereocenters. The van der Waals surface area contributed by atoms with Crippen LogP contribution in [0.1, 0.15) is 68.5 Å². The monoisotopic (exact) mass is 347 g/mol. The molecule has 3 aliphatic rings. The van der Waals surface area contributed by atoms with E-state index in [0.717, 1.165) is 39.0 Å². The molecule has 4 rings (SSSR count). The summed E-state index contributed by atoms with van der Waals surface area (Å²) in [6.07, 6.45) is 13.1. The second-order valence-electron chi connectivity index (χ2n) is 8.17. The first kappa shape index (κ1) is 17.5. The minimum absolute atomic E-state index is 0.384. The van der Waals surface area contributed by atoms with Crippen LogP contribution in [0.5, 0.6) is 0 Å². The van der Waals surface area contributed by atoms with Crippen LogP contribution in [0.2, 0.25) is 0 Å². The van der Waals surface area contributed by atoms with E-state index in [4.69, 9.17) is 14.6 Å². The van der Waals surface area contributed by atoms with Crippen molar-refractivity contribution in [3.05, 3.63) is 17.5 Å². The van der Waals surface area contributed by atoms with Gasteiger partial charge < -0.3 is 9.47 Å². The predicted molar refractivity (Wildman–Crippen MR) is 97.6 cm³/mol. The van der Waals surface area contributed by atoms with E-state index in [1.807, 2.05) is 11.8 Å². The number of aromatic nitrogens is 2. The summed E-state index contributed by atoms with van der Waals surface area (Å²) in [7, 11) is 3.92. The zero-order valence-electron chi connectivity index (χ0n) is 15.8. The van der Waals surface area contributed by atoms with Crippen molar-refractivity contribution in [3.8, 4) is 0 Å². The molecule has 0 radical (unpaired) electrons. The Hall–Kier alpha value is -0.910. The van der Waals surface area contributed by atoms with Crippen molar-refractivity contribution in [2.75, 3.05) is 20.3 Å². The predicted octanol–water partition coefficient (Wildman–Crippen LogP) is 3.24. The molecule has 3 atom stereocenters. The van der Waals surface area contributed by atoms with Gasteiger partial charge in [-0.1, -0.05) is 19.3 Å². The minimum atomic E-state index is 0.384. The van der Waals surface area contributed by atoms with Crippen molar-refractivity contribution in [1.82, 2.24) is 14.7 Å². The Kier molecular flexibility index (Phi) is 5.44. The number of rotatable bonds is 4. The number of aryl methyl sites for hydroxylation is 1. The summed E-state index contributed by atoms with van der Waals surface area (Å²) in [5.74, 6) is 0.667. The highest BCUT2D eigenvalue weighted by molar-refractivity contribution is 5.22. The fraction of sp³-hybridized carbons (Fsp3) is 0.850. The van der Waals surface area contributed by atoms with Gasteiger partial charge in [-0.05, 0) is 32.1 Å². The van der Waals surface area contributed by atoms with Gasteiger partial charge in [0, 0.05) is 51.0 Å². The summed E-state index contributed by atoms with van der Waals surface area (Å²) < 4.78 is 13.8. The summed E-state index contributed by atoms with van der Waals surface area (Å²) in [6.45, 7) is 2.90. The third-order valence-electron chi connectivity index (χ3n) is 6.52. The Bertz CT molecular complexity index is 567. The standard InChI is InChI=1S/C20H33N3O2/c1-22-13-16(20(21-22)15-6-4-3-5-7-15)14-23-10-11-25-19-9-8-17(24-2)12-18(19)23/h13,15,17-19H,3-12,14H2,1-2H3/t17-,18-,19+/m1/s1. The normalized spacial score (nSPS) is 31.8. The van der Waals surface area contributed by atoms with E-state index in [1.54, 1.807) is 0 Å². The maximum Gasteiger partial charge on any atom is 0.0732 e. The Morgan fingerprint density at radius 2 is 2.04 bits per heavy atom. The molecule has 25 heavy (non-hydrogen) atoms. The quantitative estimate of drug-likeness (QED) is 0.838. The molecule has 0 N–H and O–H groups in total. The first-order valence-electron chi connectivity index (χ1n) is 10.2. The third-order valence-corrected chi connectivity index (χ3v) is 6.52. The summed E-state index contributed by atoms with van der Waals surface area (Å²) in [5, 5.41) is 4.87. The average Bonchev–Trinajstić information content (AvgIpc) is 3.02. The van der Waals surface area contributed by atoms with Gasteiger partial charge in [-0.2, -0.15) is 5.10 Å². The molecule has 5 heteroatoms. The number of hydrogen-bond donors (Lipinski definition) is 0. The van der Waals surface area contributed by atoms with Gasteiger partial charge in [0.15, 0.2) is 0 Å². The average molecular weight is 348 g/mol. The van der Waals surface area contributed by atoms with E-state index in [1.165, 1.54) is 43.4 Å². The Morgan fingerprint density at radius 1 is 1.20 bits per heavy atom. The SMILES string of the molecule is CO[C@@H]1CC[C@@H]2OCCN(Cc3cn(C)nc3C3CCCCC3)[C@@H]2C1. The van der Waals surface area contributed by atoms with Crippen LogP contribution >= 0.6 is 0 Å². The molecule has 5 nitrogen and oxygen atoms in total. The first-order valence-corrected chi connectivity index (χ1v) is 10.2. The van der Waals surface area contributed by atoms with Gasteiger partial charge in [0.05, 0.1) is 24.5 Å². The lowest BCUT2D eigenvalue weighted by Crippen LogP contribution is -2.54. The van der Waals surface area contributed by atoms with Gasteiger partial charge in [-0.25, -0.2) is 0 Å². The van der Waals surface area contributed by atoms with Gasteiger partial charge >= 0.3 is 0 Å². The number of morpholine rings is 1. The highest BCUT2D eigenvalue weighted by Gasteiger charge is 2.38. The lowest BCUT2D eigenvalue weighted by Gasteiger charge is -2.45. The number of hydrogen-bond acceptors (Lipinski definition) is 4. The smallest absolute Gasteiger partial charge is 0.0732 e. The third kappa shape index (κ3) is 3.79. The van der Waals surface area contributed by atoms with Crippen LogP contribution in [0.3, 0.4) is 0 Å². The highest BCUT2D eigenvalue weighted by Crippen LogP contribution is 2.35. The summed E-state index contributed by atoms with van der Waals surface area (Å²) in [6, 6.07) is 0.492. The fourth-order valence-electron chi connectivity index (χ4n) is 5.17. The van der Waals surface area contributed by atoms with E-state index in [0.29, 0.717) is 24.2 Å². The molecule has 2 saturated carbocycles. The molecular formula is C20H33N3O2. The van der Waals surface area contributed by atoms with Crippen LogP contribution < -0.4 is 0 Å². The van der Waals surface area contributed by atoms with E-state index in [-0.39, 0.29) is 0 Å². The van der Waals surface area contributed by atoms with Crippen LogP contribution in [-0.2, 0) is 23.1 Å². The fourth-order valence-corrected chi connectivity index (χ4v) is 5.17. The molecule has 1 saturated heterocycles. The molecule has 0 spiro atoms. The maximum atomic E-state index is 6.08. The van der Waals surface area contributed by atoms with Crippen molar-refractivity contribution < 1.29 is 9.47 Å². The zero-order chi connectivity index (χ0) is 17.2. The lowest BCUT2D eigenvalue weighted by molar-refractivity contribution is -0.116. The second kappa shape index (κ2) is 7.77. The van der Waals surface area contributed by atoms with Crippen molar-refractivity contribution in [3.63, 3.8) is 0 Å². The molecular weight excluding hydrogens is 314 g/mol. The van der Waals surface area contributed by atoms with Gasteiger partial charge in [0.25, 0.3) is 0 Å². The molecule has 1 aromatic heterocycles. The molecule has 0 bridgehead atoms. The highest BCUT2D eigenvalue weighted by atomic mass is 16.5. The van der Waals surface area contributed by atoms with Crippen molar-refractivity contribution in [1.29, 1.82) is 0 Å². The molecule has 0 aromatic carbocycles. The molecule has 2 heterocycles. The van der Waals surface area contributed by atoms with Crippen molar-refractivity contribution >= 4 is 0 Å². The number of nitrogens with zero attached hydrogens (tertiary/aromatic N) is 3. The van der Waals surface area contributed by atoms with Crippen molar-refractivity contribution in [2.45, 2.75) is 82.1 Å². The summed E-state index contributed by atoms with van der Waals surface area (Å²) in [4.78, 5) is 2.64. The summed E-state index contributed by atoms with van der Waals surface area (Å²) in [5.41, 5.74) is 2.80. The van der Waals surface area contributed by atoms with Crippen molar-refractivity contribution in [2.24, 2.45) is 7.05 Å². The van der Waals surface area contributed by atoms with Crippen LogP contribution in [0.25, 0.3) is 0 Å². The Labute approximate surface area is 151 Å². The van der Waals surface area contributed by atoms with E-state index in [9.17, 15) is 0 Å². The number of methoxy groups -OCH3 is 1. The molecule has 1 aromatic rings. The molecule has 2 aliphatic carbocycles. The number of fused-ring (bicyclic) bond motifs is 1. The van der Waals surface area contributed by atoms with Gasteiger partial charge in [-0.3, -0.25) is 9.58 Å². The first-order chi connectivity index (χ1) is 12.2. The Balaban J connectivity index is 1.50. The zero-order valence-corrected chi connectivity index (χ0v) is 15.8. The molecule has 0 amide bonds. The maximum absolute atomic E-state index is 6.08. The van der Waals surface area contributed by atoms with Crippen LogP contribution in [0.15, 0.2) is 6.20 Å². The van der Waals surface area contributed by atoms with Crippen LogP contribution in [-0.4, -0.2) is 53.2 Å². The Morgan fingerprint density at radius 3 is 2.84 bits per heavy atom. The largest absolute Gasteiger partial charge is 0.381 e. The lowest BCUT2D eigenvalue weighted by atomic mass is 9.85. The number of ether oxygens (including phenoxy) is 2. The molecule has 3 fully saturated rings. The van der Waals surface area contributed by atoms with E-state index < -0.39 is 0 Å². The molecule has 140 valence electrons.